The number of hydrogen-bond acceptors (Lipinski definition) is 3. The summed E-state index contributed by atoms with van der Waals surface area (Å²) in [6, 6.07) is 9.51. The minimum absolute atomic E-state index is 0.351. The van der Waals surface area contributed by atoms with Crippen LogP contribution in [-0.2, 0) is 11.8 Å². The fraction of sp³-hybridized carbons (Fsp3) is 0.231. The highest BCUT2D eigenvalue weighted by Crippen LogP contribution is 2.21. The van der Waals surface area contributed by atoms with Gasteiger partial charge in [0, 0.05) is 17.1 Å². The van der Waals surface area contributed by atoms with Gasteiger partial charge in [0.25, 0.3) is 0 Å². The molecule has 0 aliphatic rings. The number of carbonyl (C=O) groups excluding carboxylic acids is 1. The molecule has 1 aromatic carbocycles. The zero-order valence-electron chi connectivity index (χ0n) is 10.2. The molecule has 2 rings (SSSR count). The van der Waals surface area contributed by atoms with Gasteiger partial charge in [-0.05, 0) is 25.1 Å². The standard InChI is InChI=1S/C13H13BrN2O2/c1-3-18-13(17)12-8-11(15-16(12)2)9-4-6-10(14)7-5-9/h4-8H,3H2,1-2H3. The first-order valence-corrected chi connectivity index (χ1v) is 6.38. The van der Waals surface area contributed by atoms with Crippen molar-refractivity contribution >= 4 is 21.9 Å². The van der Waals surface area contributed by atoms with Gasteiger partial charge in [-0.3, -0.25) is 4.68 Å². The smallest absolute Gasteiger partial charge is 0.356 e. The van der Waals surface area contributed by atoms with Crippen LogP contribution in [0.5, 0.6) is 0 Å². The molecule has 0 radical (unpaired) electrons. The minimum Gasteiger partial charge on any atom is -0.461 e. The molecule has 0 spiro atoms. The number of halogens is 1. The lowest BCUT2D eigenvalue weighted by molar-refractivity contribution is 0.0513. The Morgan fingerprint density at radius 2 is 2.06 bits per heavy atom. The highest BCUT2D eigenvalue weighted by molar-refractivity contribution is 9.10. The third-order valence-electron chi connectivity index (χ3n) is 2.50. The van der Waals surface area contributed by atoms with Gasteiger partial charge in [-0.1, -0.05) is 28.1 Å². The average Bonchev–Trinajstić information content (AvgIpc) is 2.72. The molecule has 0 fully saturated rings. The number of carbonyl (C=O) groups is 1. The molecule has 5 heteroatoms. The number of benzene rings is 1. The summed E-state index contributed by atoms with van der Waals surface area (Å²) in [5, 5.41) is 4.31. The highest BCUT2D eigenvalue weighted by atomic mass is 79.9. The van der Waals surface area contributed by atoms with Crippen LogP contribution < -0.4 is 0 Å². The zero-order chi connectivity index (χ0) is 13.1. The largest absolute Gasteiger partial charge is 0.461 e. The van der Waals surface area contributed by atoms with E-state index in [0.717, 1.165) is 15.7 Å². The Morgan fingerprint density at radius 3 is 2.67 bits per heavy atom. The first-order valence-electron chi connectivity index (χ1n) is 5.59. The van der Waals surface area contributed by atoms with Gasteiger partial charge in [-0.15, -0.1) is 0 Å². The number of rotatable bonds is 3. The summed E-state index contributed by atoms with van der Waals surface area (Å²) in [5.41, 5.74) is 2.17. The predicted octanol–water partition coefficient (Wildman–Crippen LogP) is 3.03. The molecule has 0 bridgehead atoms. The molecule has 0 aliphatic carbocycles. The third-order valence-corrected chi connectivity index (χ3v) is 3.03. The van der Waals surface area contributed by atoms with E-state index in [0.29, 0.717) is 12.3 Å². The molecule has 2 aromatic rings. The Labute approximate surface area is 114 Å². The van der Waals surface area contributed by atoms with Crippen LogP contribution in [0.2, 0.25) is 0 Å². The molecule has 94 valence electrons. The van der Waals surface area contributed by atoms with Crippen LogP contribution in [0.4, 0.5) is 0 Å². The van der Waals surface area contributed by atoms with E-state index in [1.807, 2.05) is 24.3 Å². The van der Waals surface area contributed by atoms with Gasteiger partial charge in [0.15, 0.2) is 0 Å². The van der Waals surface area contributed by atoms with Crippen LogP contribution in [0, 0.1) is 0 Å². The van der Waals surface area contributed by atoms with Crippen molar-refractivity contribution in [2.45, 2.75) is 6.92 Å². The molecule has 1 aromatic heterocycles. The predicted molar refractivity (Wildman–Crippen MR) is 72.3 cm³/mol. The number of ether oxygens (including phenoxy) is 1. The van der Waals surface area contributed by atoms with Crippen molar-refractivity contribution in [3.8, 4) is 11.3 Å². The van der Waals surface area contributed by atoms with E-state index in [1.165, 1.54) is 4.68 Å². The second-order valence-electron chi connectivity index (χ2n) is 3.77. The average molecular weight is 309 g/mol. The van der Waals surface area contributed by atoms with Crippen molar-refractivity contribution in [1.29, 1.82) is 0 Å². The molecule has 4 nitrogen and oxygen atoms in total. The van der Waals surface area contributed by atoms with Gasteiger partial charge in [0.05, 0.1) is 12.3 Å². The Balaban J connectivity index is 2.34. The van der Waals surface area contributed by atoms with E-state index in [-0.39, 0.29) is 5.97 Å². The molecule has 0 saturated carbocycles. The number of nitrogens with zero attached hydrogens (tertiary/aromatic N) is 2. The van der Waals surface area contributed by atoms with Crippen molar-refractivity contribution in [2.24, 2.45) is 7.05 Å². The lowest BCUT2D eigenvalue weighted by Gasteiger charge is -1.99. The number of esters is 1. The fourth-order valence-electron chi connectivity index (χ4n) is 1.63. The maximum Gasteiger partial charge on any atom is 0.356 e. The lowest BCUT2D eigenvalue weighted by Crippen LogP contribution is -2.10. The summed E-state index contributed by atoms with van der Waals surface area (Å²) < 4.78 is 7.51. The minimum atomic E-state index is -0.351. The summed E-state index contributed by atoms with van der Waals surface area (Å²) in [7, 11) is 1.73. The Kier molecular flexibility index (Phi) is 3.81. The molecule has 0 unspecified atom stereocenters. The maximum absolute atomic E-state index is 11.7. The van der Waals surface area contributed by atoms with Crippen molar-refractivity contribution in [1.82, 2.24) is 9.78 Å². The molecule has 0 amide bonds. The second-order valence-corrected chi connectivity index (χ2v) is 4.68. The Morgan fingerprint density at radius 1 is 1.39 bits per heavy atom. The van der Waals surface area contributed by atoms with Crippen LogP contribution in [-0.4, -0.2) is 22.4 Å². The molecular formula is C13H13BrN2O2. The van der Waals surface area contributed by atoms with Gasteiger partial charge in [-0.2, -0.15) is 5.10 Å². The van der Waals surface area contributed by atoms with E-state index in [1.54, 1.807) is 20.0 Å². The summed E-state index contributed by atoms with van der Waals surface area (Å²) in [6.07, 6.45) is 0. The van der Waals surface area contributed by atoms with Crippen LogP contribution in [0.3, 0.4) is 0 Å². The van der Waals surface area contributed by atoms with E-state index in [4.69, 9.17) is 4.74 Å². The summed E-state index contributed by atoms with van der Waals surface area (Å²) in [5.74, 6) is -0.351. The number of hydrogen-bond donors (Lipinski definition) is 0. The Bertz CT molecular complexity index is 561. The maximum atomic E-state index is 11.7. The normalized spacial score (nSPS) is 10.4. The third kappa shape index (κ3) is 2.61. The van der Waals surface area contributed by atoms with E-state index in [2.05, 4.69) is 21.0 Å². The van der Waals surface area contributed by atoms with Crippen molar-refractivity contribution in [3.63, 3.8) is 0 Å². The summed E-state index contributed by atoms with van der Waals surface area (Å²) in [4.78, 5) is 11.7. The van der Waals surface area contributed by atoms with E-state index < -0.39 is 0 Å². The van der Waals surface area contributed by atoms with Gasteiger partial charge in [0.1, 0.15) is 5.69 Å². The SMILES string of the molecule is CCOC(=O)c1cc(-c2ccc(Br)cc2)nn1C. The van der Waals surface area contributed by atoms with Crippen LogP contribution in [0.15, 0.2) is 34.8 Å². The Hall–Kier alpha value is -1.62. The molecule has 1 heterocycles. The van der Waals surface area contributed by atoms with Crippen molar-refractivity contribution < 1.29 is 9.53 Å². The molecule has 0 aliphatic heterocycles. The molecule has 0 N–H and O–H groups in total. The van der Waals surface area contributed by atoms with Crippen molar-refractivity contribution in [2.75, 3.05) is 6.61 Å². The van der Waals surface area contributed by atoms with Gasteiger partial charge in [-0.25, -0.2) is 4.79 Å². The van der Waals surface area contributed by atoms with Gasteiger partial charge < -0.3 is 4.74 Å². The summed E-state index contributed by atoms with van der Waals surface area (Å²) >= 11 is 3.38. The van der Waals surface area contributed by atoms with Crippen LogP contribution in [0.25, 0.3) is 11.3 Å². The quantitative estimate of drug-likeness (QED) is 0.819. The number of aryl methyl sites for hydroxylation is 1. The zero-order valence-corrected chi connectivity index (χ0v) is 11.8. The summed E-state index contributed by atoms with van der Waals surface area (Å²) in [6.45, 7) is 2.14. The first-order chi connectivity index (χ1) is 8.61. The molecule has 0 saturated heterocycles. The van der Waals surface area contributed by atoms with Crippen molar-refractivity contribution in [3.05, 3.63) is 40.5 Å². The van der Waals surface area contributed by atoms with Gasteiger partial charge >= 0.3 is 5.97 Å². The number of aromatic nitrogens is 2. The molecular weight excluding hydrogens is 296 g/mol. The molecule has 0 atom stereocenters. The van der Waals surface area contributed by atoms with E-state index in [9.17, 15) is 4.79 Å². The topological polar surface area (TPSA) is 44.1 Å². The molecule has 18 heavy (non-hydrogen) atoms. The van der Waals surface area contributed by atoms with Crippen LogP contribution >= 0.6 is 15.9 Å². The highest BCUT2D eigenvalue weighted by Gasteiger charge is 2.14. The first kappa shape index (κ1) is 12.8. The lowest BCUT2D eigenvalue weighted by atomic mass is 10.1. The monoisotopic (exact) mass is 308 g/mol. The fourth-order valence-corrected chi connectivity index (χ4v) is 1.89. The van der Waals surface area contributed by atoms with E-state index >= 15 is 0 Å². The van der Waals surface area contributed by atoms with Crippen LogP contribution in [0.1, 0.15) is 17.4 Å². The van der Waals surface area contributed by atoms with Gasteiger partial charge in [0.2, 0.25) is 0 Å². The second kappa shape index (κ2) is 5.35.